The lowest BCUT2D eigenvalue weighted by atomic mass is 9.70. The van der Waals surface area contributed by atoms with E-state index in [1.54, 1.807) is 22.0 Å². The summed E-state index contributed by atoms with van der Waals surface area (Å²) in [6, 6.07) is 9.07. The molecule has 3 saturated heterocycles. The molecule has 1 spiro atoms. The van der Waals surface area contributed by atoms with Crippen LogP contribution in [0.2, 0.25) is 0 Å². The number of nitrogens with zero attached hydrogens (tertiary/aromatic N) is 3. The van der Waals surface area contributed by atoms with Crippen molar-refractivity contribution in [1.29, 1.82) is 0 Å². The van der Waals surface area contributed by atoms with Crippen molar-refractivity contribution in [3.63, 3.8) is 0 Å². The predicted octanol–water partition coefficient (Wildman–Crippen LogP) is 4.33. The Bertz CT molecular complexity index is 1090. The molecule has 230 valence electrons. The van der Waals surface area contributed by atoms with Crippen LogP contribution in [0.25, 0.3) is 0 Å². The van der Waals surface area contributed by atoms with Crippen LogP contribution in [0.5, 0.6) is 0 Å². The monoisotopic (exact) mass is 579 g/mol. The smallest absolute Gasteiger partial charge is 0.248 e. The molecule has 3 aliphatic rings. The number of ether oxygens (including phenoxy) is 1. The number of aliphatic hydroxyl groups excluding tert-OH is 1. The Kier molecular flexibility index (Phi) is 11.4. The zero-order valence-electron chi connectivity index (χ0n) is 25.3. The molecule has 0 aliphatic carbocycles. The van der Waals surface area contributed by atoms with E-state index in [0.717, 1.165) is 50.5 Å². The molecule has 3 fully saturated rings. The Labute approximate surface area is 251 Å². The van der Waals surface area contributed by atoms with Gasteiger partial charge in [-0.15, -0.1) is 13.2 Å². The molecule has 1 aromatic carbocycles. The summed E-state index contributed by atoms with van der Waals surface area (Å²) in [5.41, 5.74) is 0.00930. The average molecular weight is 580 g/mol. The molecule has 1 aromatic rings. The Balaban J connectivity index is 1.64. The first-order chi connectivity index (χ1) is 20.4. The van der Waals surface area contributed by atoms with Gasteiger partial charge in [-0.2, -0.15) is 0 Å². The molecule has 0 radical (unpaired) electrons. The van der Waals surface area contributed by atoms with Gasteiger partial charge in [-0.3, -0.25) is 14.4 Å². The standard InChI is InChI=1S/C34H49N3O5/c1-4-7-13-22-35(20-5-2)33(41)30-34-19-18-27(42-34)28(29(34)32(40)37(30)23-14-8-9-15-24-38)31(39)36(21-6-3)25-26-16-11-10-12-17-26/h5-6,10-12,16-17,27-30,38H,2-4,7-9,13-15,18-25H2,1H3/t27-,28+,29-,30?,34?/m0/s1. The topological polar surface area (TPSA) is 90.4 Å². The lowest BCUT2D eigenvalue weighted by molar-refractivity contribution is -0.149. The summed E-state index contributed by atoms with van der Waals surface area (Å²) in [4.78, 5) is 48.2. The largest absolute Gasteiger partial charge is 0.396 e. The maximum absolute atomic E-state index is 14.4. The third-order valence-electron chi connectivity index (χ3n) is 9.20. The molecule has 2 unspecified atom stereocenters. The van der Waals surface area contributed by atoms with Crippen molar-refractivity contribution in [3.05, 3.63) is 61.2 Å². The van der Waals surface area contributed by atoms with Gasteiger partial charge in [0.15, 0.2) is 0 Å². The van der Waals surface area contributed by atoms with Gasteiger partial charge in [-0.05, 0) is 37.7 Å². The maximum atomic E-state index is 14.4. The van der Waals surface area contributed by atoms with E-state index in [2.05, 4.69) is 20.1 Å². The third kappa shape index (κ3) is 6.50. The molecule has 8 heteroatoms. The summed E-state index contributed by atoms with van der Waals surface area (Å²) in [5, 5.41) is 9.19. The van der Waals surface area contributed by atoms with Gasteiger partial charge in [-0.1, -0.05) is 75.1 Å². The third-order valence-corrected chi connectivity index (χ3v) is 9.20. The highest BCUT2D eigenvalue weighted by Gasteiger charge is 2.74. The fraction of sp³-hybridized carbons (Fsp3) is 0.618. The quantitative estimate of drug-likeness (QED) is 0.207. The highest BCUT2D eigenvalue weighted by Crippen LogP contribution is 2.59. The molecular formula is C34H49N3O5. The second-order valence-corrected chi connectivity index (χ2v) is 12.0. The minimum Gasteiger partial charge on any atom is -0.396 e. The minimum atomic E-state index is -0.999. The van der Waals surface area contributed by atoms with Crippen molar-refractivity contribution >= 4 is 17.7 Å². The molecule has 1 N–H and O–H groups in total. The van der Waals surface area contributed by atoms with Gasteiger partial charge in [0.1, 0.15) is 11.6 Å². The second kappa shape index (κ2) is 15.0. The van der Waals surface area contributed by atoms with E-state index in [1.165, 1.54) is 0 Å². The summed E-state index contributed by atoms with van der Waals surface area (Å²) in [6.45, 7) is 12.3. The highest BCUT2D eigenvalue weighted by atomic mass is 16.5. The molecule has 3 heterocycles. The number of benzene rings is 1. The van der Waals surface area contributed by atoms with Crippen molar-refractivity contribution in [2.45, 2.75) is 89.0 Å². The summed E-state index contributed by atoms with van der Waals surface area (Å²) >= 11 is 0. The van der Waals surface area contributed by atoms with Crippen LogP contribution in [0.4, 0.5) is 0 Å². The molecule has 0 aromatic heterocycles. The van der Waals surface area contributed by atoms with Crippen LogP contribution in [-0.4, -0.2) is 88.1 Å². The summed E-state index contributed by atoms with van der Waals surface area (Å²) < 4.78 is 6.69. The fourth-order valence-corrected chi connectivity index (χ4v) is 7.28. The Morgan fingerprint density at radius 2 is 1.74 bits per heavy atom. The van der Waals surface area contributed by atoms with Gasteiger partial charge in [-0.25, -0.2) is 0 Å². The zero-order valence-corrected chi connectivity index (χ0v) is 25.3. The van der Waals surface area contributed by atoms with Crippen molar-refractivity contribution in [1.82, 2.24) is 14.7 Å². The van der Waals surface area contributed by atoms with Crippen LogP contribution in [0.3, 0.4) is 0 Å². The van der Waals surface area contributed by atoms with E-state index in [0.29, 0.717) is 45.6 Å². The van der Waals surface area contributed by atoms with Gasteiger partial charge in [0.25, 0.3) is 0 Å². The van der Waals surface area contributed by atoms with E-state index in [4.69, 9.17) is 4.74 Å². The number of hydrogen-bond acceptors (Lipinski definition) is 5. The molecular weight excluding hydrogens is 530 g/mol. The summed E-state index contributed by atoms with van der Waals surface area (Å²) in [5.74, 6) is -1.65. The Morgan fingerprint density at radius 3 is 2.43 bits per heavy atom. The fourth-order valence-electron chi connectivity index (χ4n) is 7.28. The average Bonchev–Trinajstić information content (AvgIpc) is 3.64. The first-order valence-corrected chi connectivity index (χ1v) is 15.9. The normalized spacial score (nSPS) is 25.9. The maximum Gasteiger partial charge on any atom is 0.248 e. The Morgan fingerprint density at radius 1 is 1.02 bits per heavy atom. The number of fused-ring (bicyclic) bond motifs is 1. The van der Waals surface area contributed by atoms with E-state index in [1.807, 2.05) is 35.2 Å². The number of carbonyl (C=O) groups excluding carboxylic acids is 3. The van der Waals surface area contributed by atoms with E-state index >= 15 is 0 Å². The first kappa shape index (κ1) is 32.0. The van der Waals surface area contributed by atoms with E-state index in [-0.39, 0.29) is 30.4 Å². The van der Waals surface area contributed by atoms with Crippen LogP contribution in [0.15, 0.2) is 55.6 Å². The Hall–Kier alpha value is -2.97. The first-order valence-electron chi connectivity index (χ1n) is 15.9. The van der Waals surface area contributed by atoms with Crippen LogP contribution in [-0.2, 0) is 25.7 Å². The van der Waals surface area contributed by atoms with Crippen molar-refractivity contribution < 1.29 is 24.2 Å². The van der Waals surface area contributed by atoms with Crippen LogP contribution in [0, 0.1) is 11.8 Å². The number of unbranched alkanes of at least 4 members (excludes halogenated alkanes) is 5. The SMILES string of the molecule is C=CCN(CCCCC)C(=O)C1N(CCCCCCO)C(=O)[C@@H]2[C@H](C(=O)N(CC=C)Cc3ccccc3)[C@@H]3CCC12O3. The van der Waals surface area contributed by atoms with Gasteiger partial charge in [0.2, 0.25) is 17.7 Å². The van der Waals surface area contributed by atoms with Gasteiger partial charge >= 0.3 is 0 Å². The predicted molar refractivity (Wildman–Crippen MR) is 163 cm³/mol. The van der Waals surface area contributed by atoms with Gasteiger partial charge in [0, 0.05) is 39.3 Å². The molecule has 3 aliphatic heterocycles. The van der Waals surface area contributed by atoms with Crippen molar-refractivity contribution in [3.8, 4) is 0 Å². The van der Waals surface area contributed by atoms with E-state index in [9.17, 15) is 19.5 Å². The van der Waals surface area contributed by atoms with Crippen molar-refractivity contribution in [2.75, 3.05) is 32.8 Å². The summed E-state index contributed by atoms with van der Waals surface area (Å²) in [7, 11) is 0. The number of hydrogen-bond donors (Lipinski definition) is 1. The van der Waals surface area contributed by atoms with E-state index < -0.39 is 23.5 Å². The summed E-state index contributed by atoms with van der Waals surface area (Å²) in [6.07, 6.45) is 10.4. The molecule has 2 bridgehead atoms. The molecule has 3 amide bonds. The van der Waals surface area contributed by atoms with Crippen molar-refractivity contribution in [2.24, 2.45) is 11.8 Å². The van der Waals surface area contributed by atoms with Gasteiger partial charge < -0.3 is 24.5 Å². The number of amides is 3. The van der Waals surface area contributed by atoms with Gasteiger partial charge in [0.05, 0.1) is 17.9 Å². The molecule has 8 nitrogen and oxygen atoms in total. The lowest BCUT2D eigenvalue weighted by Crippen LogP contribution is -2.56. The number of aliphatic hydroxyl groups is 1. The minimum absolute atomic E-state index is 0.0989. The molecule has 5 atom stereocenters. The zero-order chi connectivity index (χ0) is 30.1. The number of rotatable bonds is 18. The molecule has 4 rings (SSSR count). The van der Waals surface area contributed by atoms with Crippen LogP contribution in [0.1, 0.15) is 70.3 Å². The molecule has 42 heavy (non-hydrogen) atoms. The van der Waals surface area contributed by atoms with Crippen LogP contribution < -0.4 is 0 Å². The number of likely N-dealkylation sites (tertiary alicyclic amines) is 1. The second-order valence-electron chi connectivity index (χ2n) is 12.0. The molecule has 0 saturated carbocycles. The highest BCUT2D eigenvalue weighted by molar-refractivity contribution is 5.99. The number of carbonyl (C=O) groups is 3. The lowest BCUT2D eigenvalue weighted by Gasteiger charge is -2.37. The van der Waals surface area contributed by atoms with Crippen LogP contribution >= 0.6 is 0 Å².